The highest BCUT2D eigenvalue weighted by Crippen LogP contribution is 2.23. The van der Waals surface area contributed by atoms with Crippen molar-refractivity contribution in [2.45, 2.75) is 38.8 Å². The number of halogens is 3. The minimum atomic E-state index is -4.51. The molecule has 0 saturated heterocycles. The molecule has 1 aromatic heterocycles. The SMILES string of the molecule is CC(C)(C)c1cc(NC(=O)CC(F)(F)F)n[nH]1. The van der Waals surface area contributed by atoms with Gasteiger partial charge in [0.15, 0.2) is 5.82 Å². The normalized spacial score (nSPS) is 12.6. The number of aromatic amines is 1. The van der Waals surface area contributed by atoms with Crippen molar-refractivity contribution in [1.82, 2.24) is 10.2 Å². The van der Waals surface area contributed by atoms with Crippen LogP contribution in [-0.4, -0.2) is 22.3 Å². The fourth-order valence-electron chi connectivity index (χ4n) is 1.14. The molecule has 1 amide bonds. The van der Waals surface area contributed by atoms with E-state index in [0.29, 0.717) is 0 Å². The summed E-state index contributed by atoms with van der Waals surface area (Å²) in [5.74, 6) is -1.02. The molecule has 0 atom stereocenters. The van der Waals surface area contributed by atoms with Crippen LogP contribution in [0, 0.1) is 0 Å². The molecule has 0 unspecified atom stereocenters. The Labute approximate surface area is 96.6 Å². The number of carbonyl (C=O) groups is 1. The molecule has 1 rings (SSSR count). The van der Waals surface area contributed by atoms with E-state index in [1.807, 2.05) is 20.8 Å². The number of hydrogen-bond acceptors (Lipinski definition) is 2. The zero-order chi connectivity index (χ0) is 13.3. The second-order valence-corrected chi connectivity index (χ2v) is 4.76. The second-order valence-electron chi connectivity index (χ2n) is 4.76. The van der Waals surface area contributed by atoms with Crippen molar-refractivity contribution < 1.29 is 18.0 Å². The lowest BCUT2D eigenvalue weighted by molar-refractivity contribution is -0.150. The standard InChI is InChI=1S/C10H14F3N3O/c1-9(2,3)6-4-7(16-15-6)14-8(17)5-10(11,12)13/h4H,5H2,1-3H3,(H2,14,15,16,17). The molecule has 0 aliphatic heterocycles. The third kappa shape index (κ3) is 4.46. The van der Waals surface area contributed by atoms with Gasteiger partial charge in [-0.3, -0.25) is 9.89 Å². The molecule has 7 heteroatoms. The van der Waals surface area contributed by atoms with Gasteiger partial charge in [-0.05, 0) is 0 Å². The highest BCUT2D eigenvalue weighted by atomic mass is 19.4. The van der Waals surface area contributed by atoms with Gasteiger partial charge in [0.05, 0.1) is 0 Å². The van der Waals surface area contributed by atoms with Crippen molar-refractivity contribution in [3.8, 4) is 0 Å². The Balaban J connectivity index is 2.65. The van der Waals surface area contributed by atoms with Crippen LogP contribution in [0.1, 0.15) is 32.9 Å². The molecule has 0 fully saturated rings. The summed E-state index contributed by atoms with van der Waals surface area (Å²) >= 11 is 0. The highest BCUT2D eigenvalue weighted by Gasteiger charge is 2.31. The number of carbonyl (C=O) groups excluding carboxylic acids is 1. The van der Waals surface area contributed by atoms with Gasteiger partial charge in [0, 0.05) is 17.2 Å². The first-order chi connectivity index (χ1) is 7.58. The van der Waals surface area contributed by atoms with Gasteiger partial charge in [0.1, 0.15) is 6.42 Å². The Morgan fingerprint density at radius 1 is 1.41 bits per heavy atom. The summed E-state index contributed by atoms with van der Waals surface area (Å²) in [4.78, 5) is 11.0. The third-order valence-corrected chi connectivity index (χ3v) is 2.01. The van der Waals surface area contributed by atoms with Crippen LogP contribution in [-0.2, 0) is 10.2 Å². The molecule has 0 aliphatic rings. The number of alkyl halides is 3. The van der Waals surface area contributed by atoms with E-state index in [-0.39, 0.29) is 11.2 Å². The molecular formula is C10H14F3N3O. The monoisotopic (exact) mass is 249 g/mol. The van der Waals surface area contributed by atoms with Crippen LogP contribution < -0.4 is 5.32 Å². The Hall–Kier alpha value is -1.53. The Morgan fingerprint density at radius 3 is 2.41 bits per heavy atom. The Bertz CT molecular complexity index is 404. The smallest absolute Gasteiger partial charge is 0.309 e. The first-order valence-electron chi connectivity index (χ1n) is 5.00. The molecule has 2 N–H and O–H groups in total. The number of nitrogens with one attached hydrogen (secondary N) is 2. The van der Waals surface area contributed by atoms with E-state index in [1.165, 1.54) is 6.07 Å². The predicted octanol–water partition coefficient (Wildman–Crippen LogP) is 2.60. The van der Waals surface area contributed by atoms with Gasteiger partial charge in [-0.2, -0.15) is 18.3 Å². The fraction of sp³-hybridized carbons (Fsp3) is 0.600. The van der Waals surface area contributed by atoms with Crippen LogP contribution in [0.2, 0.25) is 0 Å². The van der Waals surface area contributed by atoms with E-state index in [9.17, 15) is 18.0 Å². The van der Waals surface area contributed by atoms with Gasteiger partial charge in [-0.25, -0.2) is 0 Å². The Morgan fingerprint density at radius 2 is 2.00 bits per heavy atom. The van der Waals surface area contributed by atoms with Crippen LogP contribution in [0.4, 0.5) is 19.0 Å². The maximum Gasteiger partial charge on any atom is 0.397 e. The molecule has 1 aromatic rings. The first kappa shape index (κ1) is 13.5. The van der Waals surface area contributed by atoms with E-state index in [0.717, 1.165) is 5.69 Å². The first-order valence-corrected chi connectivity index (χ1v) is 5.00. The number of rotatable bonds is 2. The van der Waals surface area contributed by atoms with Crippen LogP contribution >= 0.6 is 0 Å². The van der Waals surface area contributed by atoms with Crippen molar-refractivity contribution in [2.24, 2.45) is 0 Å². The lowest BCUT2D eigenvalue weighted by Gasteiger charge is -2.14. The number of amides is 1. The lowest BCUT2D eigenvalue weighted by atomic mass is 9.92. The van der Waals surface area contributed by atoms with E-state index in [4.69, 9.17) is 0 Å². The van der Waals surface area contributed by atoms with Crippen molar-refractivity contribution in [2.75, 3.05) is 5.32 Å². The van der Waals surface area contributed by atoms with Crippen LogP contribution in [0.3, 0.4) is 0 Å². The molecule has 0 bridgehead atoms. The Kier molecular flexibility index (Phi) is 3.49. The number of nitrogens with zero attached hydrogens (tertiary/aromatic N) is 1. The number of aromatic nitrogens is 2. The topological polar surface area (TPSA) is 57.8 Å². The van der Waals surface area contributed by atoms with Gasteiger partial charge in [0.25, 0.3) is 0 Å². The second kappa shape index (κ2) is 4.38. The number of H-pyrrole nitrogens is 1. The zero-order valence-electron chi connectivity index (χ0n) is 9.77. The summed E-state index contributed by atoms with van der Waals surface area (Å²) in [5, 5.41) is 8.49. The highest BCUT2D eigenvalue weighted by molar-refractivity contribution is 5.90. The zero-order valence-corrected chi connectivity index (χ0v) is 9.77. The quantitative estimate of drug-likeness (QED) is 0.846. The molecule has 0 aromatic carbocycles. The molecule has 96 valence electrons. The predicted molar refractivity (Wildman–Crippen MR) is 56.6 cm³/mol. The van der Waals surface area contributed by atoms with E-state index < -0.39 is 18.5 Å². The largest absolute Gasteiger partial charge is 0.397 e. The summed E-state index contributed by atoms with van der Waals surface area (Å²) < 4.78 is 35.7. The van der Waals surface area contributed by atoms with Crippen molar-refractivity contribution in [3.63, 3.8) is 0 Å². The number of anilines is 1. The average molecular weight is 249 g/mol. The molecule has 0 saturated carbocycles. The molecule has 4 nitrogen and oxygen atoms in total. The van der Waals surface area contributed by atoms with Gasteiger partial charge in [-0.15, -0.1) is 0 Å². The van der Waals surface area contributed by atoms with Gasteiger partial charge < -0.3 is 5.32 Å². The molecule has 0 radical (unpaired) electrons. The maximum absolute atomic E-state index is 11.9. The van der Waals surface area contributed by atoms with Crippen LogP contribution in [0.25, 0.3) is 0 Å². The van der Waals surface area contributed by atoms with Crippen LogP contribution in [0.15, 0.2) is 6.07 Å². The summed E-state index contributed by atoms with van der Waals surface area (Å²) in [7, 11) is 0. The van der Waals surface area contributed by atoms with Gasteiger partial charge in [0.2, 0.25) is 5.91 Å². The van der Waals surface area contributed by atoms with Crippen molar-refractivity contribution >= 4 is 11.7 Å². The lowest BCUT2D eigenvalue weighted by Crippen LogP contribution is -2.21. The third-order valence-electron chi connectivity index (χ3n) is 2.01. The maximum atomic E-state index is 11.9. The average Bonchev–Trinajstić information content (AvgIpc) is 2.47. The summed E-state index contributed by atoms with van der Waals surface area (Å²) in [5.41, 5.74) is 0.528. The minimum Gasteiger partial charge on any atom is -0.309 e. The summed E-state index contributed by atoms with van der Waals surface area (Å²) in [6, 6.07) is 1.52. The van der Waals surface area contributed by atoms with Crippen molar-refractivity contribution in [1.29, 1.82) is 0 Å². The van der Waals surface area contributed by atoms with E-state index in [2.05, 4.69) is 15.5 Å². The van der Waals surface area contributed by atoms with Gasteiger partial charge >= 0.3 is 6.18 Å². The minimum absolute atomic E-state index is 0.101. The van der Waals surface area contributed by atoms with Gasteiger partial charge in [-0.1, -0.05) is 20.8 Å². The molecule has 0 spiro atoms. The van der Waals surface area contributed by atoms with E-state index >= 15 is 0 Å². The summed E-state index contributed by atoms with van der Waals surface area (Å²) in [6.45, 7) is 5.76. The molecular weight excluding hydrogens is 235 g/mol. The van der Waals surface area contributed by atoms with E-state index in [1.54, 1.807) is 0 Å². The fourth-order valence-corrected chi connectivity index (χ4v) is 1.14. The van der Waals surface area contributed by atoms with Crippen LogP contribution in [0.5, 0.6) is 0 Å². The van der Waals surface area contributed by atoms with Crippen molar-refractivity contribution in [3.05, 3.63) is 11.8 Å². The molecule has 0 aliphatic carbocycles. The molecule has 1 heterocycles. The molecule has 17 heavy (non-hydrogen) atoms. The summed E-state index contributed by atoms with van der Waals surface area (Å²) in [6.07, 6.45) is -6.02. The number of hydrogen-bond donors (Lipinski definition) is 2.